The average molecular weight is 202 g/mol. The highest BCUT2D eigenvalue weighted by molar-refractivity contribution is 5.77. The van der Waals surface area contributed by atoms with Gasteiger partial charge in [-0.3, -0.25) is 4.79 Å². The Morgan fingerprint density at radius 2 is 2.20 bits per heavy atom. The predicted molar refractivity (Wildman–Crippen MR) is 56.8 cm³/mol. The van der Waals surface area contributed by atoms with Crippen LogP contribution in [0.25, 0.3) is 0 Å². The Morgan fingerprint density at radius 3 is 2.93 bits per heavy atom. The second kappa shape index (κ2) is 2.84. The van der Waals surface area contributed by atoms with Crippen molar-refractivity contribution < 1.29 is 9.90 Å². The second-order valence-electron chi connectivity index (χ2n) is 4.76. The van der Waals surface area contributed by atoms with E-state index in [1.165, 1.54) is 11.1 Å². The molecule has 2 aliphatic carbocycles. The minimum Gasteiger partial charge on any atom is -0.481 e. The van der Waals surface area contributed by atoms with Gasteiger partial charge in [0.25, 0.3) is 0 Å². The first kappa shape index (κ1) is 8.96. The Bertz CT molecular complexity index is 424. The van der Waals surface area contributed by atoms with Gasteiger partial charge < -0.3 is 5.11 Å². The van der Waals surface area contributed by atoms with E-state index in [9.17, 15) is 4.79 Å². The van der Waals surface area contributed by atoms with Crippen LogP contribution in [0.1, 0.15) is 30.4 Å². The van der Waals surface area contributed by atoms with E-state index >= 15 is 0 Å². The van der Waals surface area contributed by atoms with Crippen LogP contribution in [0, 0.1) is 5.92 Å². The number of benzene rings is 1. The van der Waals surface area contributed by atoms with Crippen molar-refractivity contribution in [2.75, 3.05) is 0 Å². The zero-order valence-corrected chi connectivity index (χ0v) is 8.57. The van der Waals surface area contributed by atoms with Crippen molar-refractivity contribution in [2.45, 2.75) is 31.1 Å². The minimum atomic E-state index is -0.619. The van der Waals surface area contributed by atoms with Crippen LogP contribution in [0.5, 0.6) is 0 Å². The Morgan fingerprint density at radius 1 is 1.40 bits per heavy atom. The molecule has 0 aromatic heterocycles. The van der Waals surface area contributed by atoms with Gasteiger partial charge in [-0.25, -0.2) is 0 Å². The molecule has 1 saturated carbocycles. The van der Waals surface area contributed by atoms with Crippen LogP contribution in [-0.4, -0.2) is 11.1 Å². The van der Waals surface area contributed by atoms with E-state index in [2.05, 4.69) is 18.2 Å². The summed E-state index contributed by atoms with van der Waals surface area (Å²) in [5.41, 5.74) is 2.68. The lowest BCUT2D eigenvalue weighted by atomic mass is 9.79. The van der Waals surface area contributed by atoms with Crippen molar-refractivity contribution in [2.24, 2.45) is 5.92 Å². The number of carboxylic acids is 1. The molecule has 1 N–H and O–H groups in total. The maximum absolute atomic E-state index is 11.0. The van der Waals surface area contributed by atoms with Gasteiger partial charge in [0.15, 0.2) is 0 Å². The fourth-order valence-electron chi connectivity index (χ4n) is 3.16. The first-order chi connectivity index (χ1) is 7.24. The van der Waals surface area contributed by atoms with Crippen LogP contribution >= 0.6 is 0 Å². The summed E-state index contributed by atoms with van der Waals surface area (Å²) >= 11 is 0. The molecule has 2 atom stereocenters. The molecule has 2 nitrogen and oxygen atoms in total. The van der Waals surface area contributed by atoms with Crippen LogP contribution < -0.4 is 0 Å². The van der Waals surface area contributed by atoms with Crippen molar-refractivity contribution in [3.05, 3.63) is 35.4 Å². The summed E-state index contributed by atoms with van der Waals surface area (Å²) in [7, 11) is 0. The zero-order valence-electron chi connectivity index (χ0n) is 8.57. The van der Waals surface area contributed by atoms with Crippen molar-refractivity contribution >= 4 is 5.97 Å². The summed E-state index contributed by atoms with van der Waals surface area (Å²) in [5.74, 6) is -0.745. The van der Waals surface area contributed by atoms with Gasteiger partial charge in [0.1, 0.15) is 0 Å². The Labute approximate surface area is 88.9 Å². The molecule has 0 bridgehead atoms. The van der Waals surface area contributed by atoms with E-state index in [1.807, 2.05) is 6.07 Å². The fraction of sp³-hybridized carbons (Fsp3) is 0.462. The van der Waals surface area contributed by atoms with Crippen LogP contribution in [0.15, 0.2) is 24.3 Å². The normalized spacial score (nSPS) is 32.4. The van der Waals surface area contributed by atoms with Crippen LogP contribution in [-0.2, 0) is 16.6 Å². The molecule has 1 aromatic carbocycles. The van der Waals surface area contributed by atoms with Gasteiger partial charge in [-0.15, -0.1) is 0 Å². The summed E-state index contributed by atoms with van der Waals surface area (Å²) in [6.07, 6.45) is 4.16. The summed E-state index contributed by atoms with van der Waals surface area (Å²) in [4.78, 5) is 11.0. The SMILES string of the molecule is O=C(O)C1CC12CCCc1ccccc12. The number of carbonyl (C=O) groups is 1. The summed E-state index contributed by atoms with van der Waals surface area (Å²) in [6, 6.07) is 8.35. The molecule has 0 radical (unpaired) electrons. The van der Waals surface area contributed by atoms with E-state index in [4.69, 9.17) is 5.11 Å². The topological polar surface area (TPSA) is 37.3 Å². The van der Waals surface area contributed by atoms with Gasteiger partial charge in [-0.1, -0.05) is 24.3 Å². The minimum absolute atomic E-state index is 0.000671. The van der Waals surface area contributed by atoms with Crippen molar-refractivity contribution in [3.8, 4) is 0 Å². The maximum Gasteiger partial charge on any atom is 0.307 e. The number of aryl methyl sites for hydroxylation is 1. The van der Waals surface area contributed by atoms with Gasteiger partial charge in [-0.05, 0) is 36.8 Å². The molecule has 0 heterocycles. The van der Waals surface area contributed by atoms with E-state index in [1.54, 1.807) is 0 Å². The third-order valence-corrected chi connectivity index (χ3v) is 4.00. The van der Waals surface area contributed by atoms with E-state index in [-0.39, 0.29) is 11.3 Å². The fourth-order valence-corrected chi connectivity index (χ4v) is 3.16. The molecule has 2 aliphatic rings. The van der Waals surface area contributed by atoms with Crippen molar-refractivity contribution in [1.29, 1.82) is 0 Å². The number of hydrogen-bond acceptors (Lipinski definition) is 1. The average Bonchev–Trinajstić information content (AvgIpc) is 2.95. The van der Waals surface area contributed by atoms with Gasteiger partial charge in [0.05, 0.1) is 5.92 Å². The van der Waals surface area contributed by atoms with Gasteiger partial charge in [0, 0.05) is 5.41 Å². The molecule has 0 amide bonds. The zero-order chi connectivity index (χ0) is 10.5. The number of carboxylic acid groups (broad SMARTS) is 1. The lowest BCUT2D eigenvalue weighted by Crippen LogP contribution is -2.21. The van der Waals surface area contributed by atoms with Gasteiger partial charge in [-0.2, -0.15) is 0 Å². The van der Waals surface area contributed by atoms with Crippen LogP contribution in [0.3, 0.4) is 0 Å². The molecule has 0 aliphatic heterocycles. The highest BCUT2D eigenvalue weighted by Crippen LogP contribution is 2.60. The molecule has 1 fully saturated rings. The molecular weight excluding hydrogens is 188 g/mol. The largest absolute Gasteiger partial charge is 0.481 e. The number of rotatable bonds is 1. The van der Waals surface area contributed by atoms with Crippen molar-refractivity contribution in [3.63, 3.8) is 0 Å². The quantitative estimate of drug-likeness (QED) is 0.759. The third kappa shape index (κ3) is 1.14. The Kier molecular flexibility index (Phi) is 1.70. The number of hydrogen-bond donors (Lipinski definition) is 1. The van der Waals surface area contributed by atoms with E-state index in [0.29, 0.717) is 0 Å². The number of aliphatic carboxylic acids is 1. The monoisotopic (exact) mass is 202 g/mol. The lowest BCUT2D eigenvalue weighted by Gasteiger charge is -2.25. The van der Waals surface area contributed by atoms with Crippen LogP contribution in [0.2, 0.25) is 0 Å². The van der Waals surface area contributed by atoms with Crippen molar-refractivity contribution in [1.82, 2.24) is 0 Å². The first-order valence-electron chi connectivity index (χ1n) is 5.55. The summed E-state index contributed by atoms with van der Waals surface area (Å²) < 4.78 is 0. The molecule has 15 heavy (non-hydrogen) atoms. The maximum atomic E-state index is 11.0. The first-order valence-corrected chi connectivity index (χ1v) is 5.55. The summed E-state index contributed by atoms with van der Waals surface area (Å²) in [6.45, 7) is 0. The lowest BCUT2D eigenvalue weighted by molar-refractivity contribution is -0.139. The Hall–Kier alpha value is -1.31. The van der Waals surface area contributed by atoms with Crippen LogP contribution in [0.4, 0.5) is 0 Å². The summed E-state index contributed by atoms with van der Waals surface area (Å²) in [5, 5.41) is 9.10. The third-order valence-electron chi connectivity index (χ3n) is 4.00. The molecule has 2 unspecified atom stereocenters. The molecule has 0 saturated heterocycles. The van der Waals surface area contributed by atoms with Gasteiger partial charge >= 0.3 is 5.97 Å². The second-order valence-corrected chi connectivity index (χ2v) is 4.76. The number of fused-ring (bicyclic) bond motifs is 2. The smallest absolute Gasteiger partial charge is 0.307 e. The Balaban J connectivity index is 2.05. The molecule has 2 heteroatoms. The van der Waals surface area contributed by atoms with E-state index < -0.39 is 5.97 Å². The molecular formula is C13H14O2. The highest BCUT2D eigenvalue weighted by atomic mass is 16.4. The molecule has 1 aromatic rings. The molecule has 3 rings (SSSR count). The molecule has 1 spiro atoms. The standard InChI is InChI=1S/C13H14O2/c14-12(15)11-8-13(11)7-3-5-9-4-1-2-6-10(9)13/h1-2,4,6,11H,3,5,7-8H2,(H,14,15). The van der Waals surface area contributed by atoms with Gasteiger partial charge in [0.2, 0.25) is 0 Å². The predicted octanol–water partition coefficient (Wildman–Crippen LogP) is 2.37. The van der Waals surface area contributed by atoms with E-state index in [0.717, 1.165) is 25.7 Å². The highest BCUT2D eigenvalue weighted by Gasteiger charge is 2.60. The molecule has 78 valence electrons.